The van der Waals surface area contributed by atoms with Crippen LogP contribution in [-0.4, -0.2) is 15.0 Å². The highest BCUT2D eigenvalue weighted by Crippen LogP contribution is 2.32. The molecule has 6 nitrogen and oxygen atoms in total. The van der Waals surface area contributed by atoms with Gasteiger partial charge in [-0.25, -0.2) is 9.97 Å². The second kappa shape index (κ2) is 6.57. The normalized spacial score (nSPS) is 12.5. The van der Waals surface area contributed by atoms with E-state index in [1.165, 1.54) is 17.5 Å². The first-order valence-corrected chi connectivity index (χ1v) is 7.91. The minimum atomic E-state index is 0.437. The van der Waals surface area contributed by atoms with Crippen molar-refractivity contribution in [3.05, 3.63) is 77.6 Å². The molecule has 0 radical (unpaired) electrons. The minimum Gasteiger partial charge on any atom is -0.489 e. The highest BCUT2D eigenvalue weighted by Gasteiger charge is 2.21. The van der Waals surface area contributed by atoms with Crippen molar-refractivity contribution in [2.24, 2.45) is 0 Å². The van der Waals surface area contributed by atoms with Crippen molar-refractivity contribution in [2.75, 3.05) is 4.90 Å². The molecule has 0 unspecified atom stereocenters. The van der Waals surface area contributed by atoms with Gasteiger partial charge in [-0.15, -0.1) is 0 Å². The molecular formula is C19H15N5O. The van der Waals surface area contributed by atoms with Crippen LogP contribution in [0.2, 0.25) is 0 Å². The number of nitrogens with zero attached hydrogens (tertiary/aromatic N) is 5. The topological polar surface area (TPSA) is 74.9 Å². The van der Waals surface area contributed by atoms with Crippen LogP contribution >= 0.6 is 0 Å². The molecule has 0 bridgehead atoms. The molecule has 1 aromatic carbocycles. The molecule has 3 aromatic rings. The maximum atomic E-state index is 9.27. The first kappa shape index (κ1) is 15.1. The lowest BCUT2D eigenvalue weighted by molar-refractivity contribution is 0.305. The number of pyridine rings is 1. The minimum absolute atomic E-state index is 0.437. The van der Waals surface area contributed by atoms with Gasteiger partial charge in [-0.05, 0) is 29.3 Å². The smallest absolute Gasteiger partial charge is 0.120 e. The Morgan fingerprint density at radius 1 is 1.04 bits per heavy atom. The number of anilines is 1. The third-order valence-electron chi connectivity index (χ3n) is 4.18. The van der Waals surface area contributed by atoms with Crippen LogP contribution in [0.1, 0.15) is 22.3 Å². The van der Waals surface area contributed by atoms with Crippen LogP contribution in [0.15, 0.2) is 55.4 Å². The van der Waals surface area contributed by atoms with Gasteiger partial charge in [0.2, 0.25) is 0 Å². The van der Waals surface area contributed by atoms with Gasteiger partial charge in [0.15, 0.2) is 0 Å². The van der Waals surface area contributed by atoms with Gasteiger partial charge in [0, 0.05) is 43.4 Å². The molecule has 122 valence electrons. The van der Waals surface area contributed by atoms with Crippen molar-refractivity contribution >= 4 is 5.69 Å². The Morgan fingerprint density at radius 3 is 2.72 bits per heavy atom. The average molecular weight is 329 g/mol. The summed E-state index contributed by atoms with van der Waals surface area (Å²) in [5.74, 6) is 0.819. The zero-order valence-corrected chi connectivity index (χ0v) is 13.5. The molecule has 0 saturated carbocycles. The Labute approximate surface area is 145 Å². The van der Waals surface area contributed by atoms with E-state index in [-0.39, 0.29) is 0 Å². The molecule has 1 aliphatic heterocycles. The lowest BCUT2D eigenvalue weighted by Gasteiger charge is -2.18. The van der Waals surface area contributed by atoms with Gasteiger partial charge in [0.05, 0.1) is 11.3 Å². The fraction of sp³-hybridized carbons (Fsp3) is 0.158. The fourth-order valence-electron chi connectivity index (χ4n) is 2.95. The first-order chi connectivity index (χ1) is 12.3. The van der Waals surface area contributed by atoms with Gasteiger partial charge in [-0.1, -0.05) is 6.07 Å². The van der Waals surface area contributed by atoms with E-state index in [1.54, 1.807) is 24.8 Å². The highest BCUT2D eigenvalue weighted by atomic mass is 16.5. The number of rotatable bonds is 4. The maximum Gasteiger partial charge on any atom is 0.120 e. The summed E-state index contributed by atoms with van der Waals surface area (Å²) in [6.07, 6.45) is 8.32. The zero-order valence-electron chi connectivity index (χ0n) is 13.5. The molecule has 25 heavy (non-hydrogen) atoms. The molecule has 0 amide bonds. The number of hydrogen-bond donors (Lipinski definition) is 0. The molecule has 0 aliphatic carbocycles. The van der Waals surface area contributed by atoms with Crippen molar-refractivity contribution in [3.8, 4) is 11.8 Å². The molecule has 2 aromatic heterocycles. The molecule has 0 atom stereocenters. The molecule has 0 fully saturated rings. The number of fused-ring (bicyclic) bond motifs is 1. The number of nitriles is 1. The summed E-state index contributed by atoms with van der Waals surface area (Å²) in [7, 11) is 0. The summed E-state index contributed by atoms with van der Waals surface area (Å²) < 4.78 is 5.84. The maximum absolute atomic E-state index is 9.27. The predicted molar refractivity (Wildman–Crippen MR) is 91.6 cm³/mol. The average Bonchev–Trinajstić information content (AvgIpc) is 3.10. The van der Waals surface area contributed by atoms with E-state index in [2.05, 4.69) is 38.1 Å². The molecule has 4 rings (SSSR count). The zero-order chi connectivity index (χ0) is 17.1. The Hall–Kier alpha value is -3.46. The van der Waals surface area contributed by atoms with Crippen LogP contribution in [0.3, 0.4) is 0 Å². The molecule has 0 spiro atoms. The van der Waals surface area contributed by atoms with Crippen LogP contribution < -0.4 is 9.64 Å². The van der Waals surface area contributed by atoms with E-state index in [0.29, 0.717) is 12.2 Å². The standard InChI is InChI=1S/C19H15N5O/c20-6-17-9-21-4-3-19(17)24-10-15-1-2-18(5-16(15)11-24)25-12-14-7-22-13-23-8-14/h1-5,7-9,13H,10-12H2. The van der Waals surface area contributed by atoms with Crippen LogP contribution in [0.25, 0.3) is 0 Å². The largest absolute Gasteiger partial charge is 0.489 e. The van der Waals surface area contributed by atoms with Gasteiger partial charge in [0.1, 0.15) is 24.8 Å². The Kier molecular flexibility index (Phi) is 3.97. The van der Waals surface area contributed by atoms with Crippen LogP contribution in [0.4, 0.5) is 5.69 Å². The molecule has 6 heteroatoms. The van der Waals surface area contributed by atoms with Crippen molar-refractivity contribution in [1.29, 1.82) is 5.26 Å². The molecule has 0 saturated heterocycles. The van der Waals surface area contributed by atoms with E-state index < -0.39 is 0 Å². The van der Waals surface area contributed by atoms with E-state index in [0.717, 1.165) is 30.1 Å². The van der Waals surface area contributed by atoms with Crippen LogP contribution in [-0.2, 0) is 19.7 Å². The van der Waals surface area contributed by atoms with Crippen molar-refractivity contribution in [2.45, 2.75) is 19.7 Å². The lowest BCUT2D eigenvalue weighted by atomic mass is 10.1. The monoisotopic (exact) mass is 329 g/mol. The van der Waals surface area contributed by atoms with Gasteiger partial charge in [0.25, 0.3) is 0 Å². The van der Waals surface area contributed by atoms with Crippen molar-refractivity contribution in [1.82, 2.24) is 15.0 Å². The quantitative estimate of drug-likeness (QED) is 0.733. The Bertz CT molecular complexity index is 936. The SMILES string of the molecule is N#Cc1cnccc1N1Cc2ccc(OCc3cncnc3)cc2C1. The summed E-state index contributed by atoms with van der Waals surface area (Å²) in [5, 5.41) is 9.27. The molecule has 3 heterocycles. The predicted octanol–water partition coefficient (Wildman–Crippen LogP) is 2.84. The van der Waals surface area contributed by atoms with E-state index >= 15 is 0 Å². The van der Waals surface area contributed by atoms with Gasteiger partial charge in [-0.2, -0.15) is 5.26 Å². The molecular weight excluding hydrogens is 314 g/mol. The number of aromatic nitrogens is 3. The fourth-order valence-corrected chi connectivity index (χ4v) is 2.95. The van der Waals surface area contributed by atoms with Crippen LogP contribution in [0, 0.1) is 11.3 Å². The van der Waals surface area contributed by atoms with E-state index in [9.17, 15) is 5.26 Å². The summed E-state index contributed by atoms with van der Waals surface area (Å²) in [6, 6.07) is 10.2. The van der Waals surface area contributed by atoms with Crippen molar-refractivity contribution in [3.63, 3.8) is 0 Å². The third kappa shape index (κ3) is 3.12. The summed E-state index contributed by atoms with van der Waals surface area (Å²) in [4.78, 5) is 14.2. The molecule has 0 N–H and O–H groups in total. The Morgan fingerprint density at radius 2 is 1.88 bits per heavy atom. The summed E-state index contributed by atoms with van der Waals surface area (Å²) in [6.45, 7) is 1.97. The summed E-state index contributed by atoms with van der Waals surface area (Å²) >= 11 is 0. The van der Waals surface area contributed by atoms with Gasteiger partial charge in [-0.3, -0.25) is 4.98 Å². The number of ether oxygens (including phenoxy) is 1. The number of hydrogen-bond acceptors (Lipinski definition) is 6. The van der Waals surface area contributed by atoms with Crippen molar-refractivity contribution < 1.29 is 4.74 Å². The van der Waals surface area contributed by atoms with E-state index in [4.69, 9.17) is 4.74 Å². The molecule has 1 aliphatic rings. The number of benzene rings is 1. The lowest BCUT2D eigenvalue weighted by Crippen LogP contribution is -2.15. The Balaban J connectivity index is 1.50. The van der Waals surface area contributed by atoms with Gasteiger partial charge < -0.3 is 9.64 Å². The second-order valence-electron chi connectivity index (χ2n) is 5.83. The van der Waals surface area contributed by atoms with Crippen LogP contribution in [0.5, 0.6) is 5.75 Å². The summed E-state index contributed by atoms with van der Waals surface area (Å²) in [5.41, 5.74) is 4.90. The first-order valence-electron chi connectivity index (χ1n) is 7.91. The third-order valence-corrected chi connectivity index (χ3v) is 4.18. The van der Waals surface area contributed by atoms with E-state index in [1.807, 2.05) is 12.1 Å². The van der Waals surface area contributed by atoms with Gasteiger partial charge >= 0.3 is 0 Å². The highest BCUT2D eigenvalue weighted by molar-refractivity contribution is 5.60. The second-order valence-corrected chi connectivity index (χ2v) is 5.83.